The average molecular weight is 303 g/mol. The summed E-state index contributed by atoms with van der Waals surface area (Å²) in [5, 5.41) is 0. The summed E-state index contributed by atoms with van der Waals surface area (Å²) < 4.78 is 6.67. The van der Waals surface area contributed by atoms with Gasteiger partial charge in [0.05, 0.1) is 5.69 Å². The van der Waals surface area contributed by atoms with Crippen molar-refractivity contribution in [3.63, 3.8) is 0 Å². The van der Waals surface area contributed by atoms with Crippen LogP contribution in [0, 0.1) is 6.92 Å². The minimum Gasteiger partial charge on any atom is -0.472 e. The van der Waals surface area contributed by atoms with Crippen LogP contribution in [-0.2, 0) is 11.3 Å². The topological polar surface area (TPSA) is 34.5 Å². The summed E-state index contributed by atoms with van der Waals surface area (Å²) in [6.07, 6.45) is 3.59. The van der Waals surface area contributed by atoms with Crippen LogP contribution in [0.1, 0.15) is 16.7 Å². The van der Waals surface area contributed by atoms with Crippen LogP contribution >= 0.6 is 15.9 Å². The lowest BCUT2D eigenvalue weighted by atomic mass is 10.2. The summed E-state index contributed by atoms with van der Waals surface area (Å²) >= 11 is 3.51. The Hall–Kier alpha value is -1.68. The zero-order valence-electron chi connectivity index (χ0n) is 9.85. The van der Waals surface area contributed by atoms with Gasteiger partial charge in [-0.1, -0.05) is 22.0 Å². The average Bonchev–Trinajstić information content (AvgIpc) is 2.79. The maximum Gasteiger partial charge on any atom is 0.222 e. The molecule has 0 N–H and O–H groups in total. The van der Waals surface area contributed by atoms with E-state index in [2.05, 4.69) is 25.9 Å². The lowest BCUT2D eigenvalue weighted by Crippen LogP contribution is -1.96. The van der Waals surface area contributed by atoms with Gasteiger partial charge in [-0.3, -0.25) is 4.98 Å². The number of aliphatic imine (C=N–C) groups is 1. The first-order valence-electron chi connectivity index (χ1n) is 5.65. The molecule has 0 saturated carbocycles. The molecule has 0 spiro atoms. The molecule has 0 aliphatic carbocycles. The second-order valence-corrected chi connectivity index (χ2v) is 4.98. The second-order valence-electron chi connectivity index (χ2n) is 4.12. The first kappa shape index (κ1) is 11.4. The number of nitrogens with zero attached hydrogens (tertiary/aromatic N) is 2. The highest BCUT2D eigenvalue weighted by molar-refractivity contribution is 9.10. The van der Waals surface area contributed by atoms with E-state index in [-0.39, 0.29) is 0 Å². The Labute approximate surface area is 114 Å². The van der Waals surface area contributed by atoms with Crippen molar-refractivity contribution in [1.29, 1.82) is 0 Å². The van der Waals surface area contributed by atoms with Crippen LogP contribution in [0.25, 0.3) is 0 Å². The third-order valence-electron chi connectivity index (χ3n) is 2.96. The van der Waals surface area contributed by atoms with Crippen molar-refractivity contribution < 1.29 is 4.74 Å². The second kappa shape index (κ2) is 4.53. The maximum absolute atomic E-state index is 5.62. The molecule has 3 nitrogen and oxygen atoms in total. The van der Waals surface area contributed by atoms with Crippen molar-refractivity contribution in [2.75, 3.05) is 0 Å². The van der Waals surface area contributed by atoms with E-state index in [1.165, 1.54) is 0 Å². The highest BCUT2D eigenvalue weighted by Crippen LogP contribution is 2.28. The van der Waals surface area contributed by atoms with Gasteiger partial charge in [-0.2, -0.15) is 0 Å². The number of benzene rings is 1. The van der Waals surface area contributed by atoms with Crippen LogP contribution in [0.4, 0.5) is 5.69 Å². The van der Waals surface area contributed by atoms with E-state index in [1.54, 1.807) is 6.20 Å². The number of rotatable bonds is 1. The molecule has 1 aliphatic rings. The summed E-state index contributed by atoms with van der Waals surface area (Å²) in [6, 6.07) is 7.90. The zero-order chi connectivity index (χ0) is 12.5. The molecule has 1 aromatic heterocycles. The van der Waals surface area contributed by atoms with Crippen LogP contribution in [0.2, 0.25) is 0 Å². The number of hydrogen-bond acceptors (Lipinski definition) is 3. The van der Waals surface area contributed by atoms with Crippen molar-refractivity contribution in [3.05, 3.63) is 57.8 Å². The number of aromatic nitrogens is 1. The lowest BCUT2D eigenvalue weighted by molar-refractivity contribution is 0.312. The molecular weight excluding hydrogens is 292 g/mol. The standard InChI is InChI=1S/C14H11BrN2O/c1-9-12(15)3-2-4-13(9)17-14-11-5-6-16-7-10(11)8-18-14/h2-7H,8H2,1H3. The predicted octanol–water partition coefficient (Wildman–Crippen LogP) is 3.76. The smallest absolute Gasteiger partial charge is 0.222 e. The van der Waals surface area contributed by atoms with Crippen molar-refractivity contribution >= 4 is 27.5 Å². The fraction of sp³-hybridized carbons (Fsp3) is 0.143. The van der Waals surface area contributed by atoms with Gasteiger partial charge < -0.3 is 4.74 Å². The Balaban J connectivity index is 2.07. The minimum absolute atomic E-state index is 0.551. The van der Waals surface area contributed by atoms with E-state index in [1.807, 2.05) is 37.4 Å². The van der Waals surface area contributed by atoms with E-state index >= 15 is 0 Å². The molecule has 0 radical (unpaired) electrons. The molecule has 0 fully saturated rings. The molecule has 3 rings (SSSR count). The number of ether oxygens (including phenoxy) is 1. The molecule has 90 valence electrons. The Morgan fingerprint density at radius 1 is 1.33 bits per heavy atom. The highest BCUT2D eigenvalue weighted by Gasteiger charge is 2.19. The summed E-state index contributed by atoms with van der Waals surface area (Å²) in [7, 11) is 0. The largest absolute Gasteiger partial charge is 0.472 e. The van der Waals surface area contributed by atoms with Crippen LogP contribution < -0.4 is 0 Å². The first-order valence-corrected chi connectivity index (χ1v) is 6.45. The fourth-order valence-corrected chi connectivity index (χ4v) is 2.25. The number of pyridine rings is 1. The Morgan fingerprint density at radius 3 is 3.11 bits per heavy atom. The van der Waals surface area contributed by atoms with Crippen LogP contribution in [-0.4, -0.2) is 10.9 Å². The summed E-state index contributed by atoms with van der Waals surface area (Å²) in [5.41, 5.74) is 4.15. The molecule has 2 heterocycles. The van der Waals surface area contributed by atoms with Gasteiger partial charge in [-0.15, -0.1) is 0 Å². The minimum atomic E-state index is 0.551. The Bertz CT molecular complexity index is 637. The summed E-state index contributed by atoms with van der Waals surface area (Å²) in [5.74, 6) is 0.675. The van der Waals surface area contributed by atoms with Gasteiger partial charge in [0.2, 0.25) is 5.90 Å². The zero-order valence-corrected chi connectivity index (χ0v) is 11.4. The fourth-order valence-electron chi connectivity index (χ4n) is 1.89. The number of fused-ring (bicyclic) bond motifs is 1. The predicted molar refractivity (Wildman–Crippen MR) is 74.1 cm³/mol. The molecule has 2 aromatic rings. The van der Waals surface area contributed by atoms with E-state index in [0.29, 0.717) is 12.5 Å². The number of halogens is 1. The van der Waals surface area contributed by atoms with Gasteiger partial charge in [0.15, 0.2) is 0 Å². The van der Waals surface area contributed by atoms with Crippen LogP contribution in [0.3, 0.4) is 0 Å². The van der Waals surface area contributed by atoms with E-state index in [4.69, 9.17) is 4.74 Å². The third-order valence-corrected chi connectivity index (χ3v) is 3.82. The van der Waals surface area contributed by atoms with Crippen molar-refractivity contribution in [2.45, 2.75) is 13.5 Å². The Kier molecular flexibility index (Phi) is 2.88. The van der Waals surface area contributed by atoms with Gasteiger partial charge in [0.25, 0.3) is 0 Å². The van der Waals surface area contributed by atoms with Gasteiger partial charge in [0, 0.05) is 28.0 Å². The molecule has 1 aliphatic heterocycles. The monoisotopic (exact) mass is 302 g/mol. The molecule has 4 heteroatoms. The van der Waals surface area contributed by atoms with Gasteiger partial charge in [-0.25, -0.2) is 4.99 Å². The van der Waals surface area contributed by atoms with Crippen molar-refractivity contribution in [3.8, 4) is 0 Å². The lowest BCUT2D eigenvalue weighted by Gasteiger charge is -2.04. The van der Waals surface area contributed by atoms with Crippen LogP contribution in [0.15, 0.2) is 46.1 Å². The summed E-state index contributed by atoms with van der Waals surface area (Å²) in [4.78, 5) is 8.68. The molecule has 0 saturated heterocycles. The number of hydrogen-bond donors (Lipinski definition) is 0. The van der Waals surface area contributed by atoms with Gasteiger partial charge in [0.1, 0.15) is 6.61 Å². The van der Waals surface area contributed by atoms with Gasteiger partial charge in [-0.05, 0) is 30.7 Å². The van der Waals surface area contributed by atoms with Gasteiger partial charge >= 0.3 is 0 Å². The van der Waals surface area contributed by atoms with E-state index in [9.17, 15) is 0 Å². The molecule has 0 atom stereocenters. The molecule has 1 aromatic carbocycles. The molecule has 0 unspecified atom stereocenters. The third kappa shape index (κ3) is 1.93. The van der Waals surface area contributed by atoms with Crippen LogP contribution in [0.5, 0.6) is 0 Å². The van der Waals surface area contributed by atoms with Crippen molar-refractivity contribution in [1.82, 2.24) is 4.98 Å². The van der Waals surface area contributed by atoms with Crippen molar-refractivity contribution in [2.24, 2.45) is 4.99 Å². The molecule has 0 bridgehead atoms. The maximum atomic E-state index is 5.62. The van der Waals surface area contributed by atoms with E-state index in [0.717, 1.165) is 26.9 Å². The molecule has 18 heavy (non-hydrogen) atoms. The van der Waals surface area contributed by atoms with E-state index < -0.39 is 0 Å². The SMILES string of the molecule is Cc1c(Br)cccc1N=C1OCc2cnccc21. The first-order chi connectivity index (χ1) is 8.75. The quantitative estimate of drug-likeness (QED) is 0.804. The molecular formula is C14H11BrN2O. The molecule has 0 amide bonds. The summed E-state index contributed by atoms with van der Waals surface area (Å²) in [6.45, 7) is 2.58. The normalized spacial score (nSPS) is 15.6. The highest BCUT2D eigenvalue weighted by atomic mass is 79.9. The Morgan fingerprint density at radius 2 is 2.22 bits per heavy atom.